The van der Waals surface area contributed by atoms with Crippen molar-refractivity contribution >= 4 is 0 Å². The Labute approximate surface area is 120 Å². The average Bonchev–Trinajstić information content (AvgIpc) is 2.79. The molecule has 0 aliphatic rings. The molecule has 0 amide bonds. The first-order valence-corrected chi connectivity index (χ1v) is 7.08. The van der Waals surface area contributed by atoms with Crippen LogP contribution in [0.2, 0.25) is 0 Å². The largest absolute Gasteiger partial charge is 0.305 e. The normalized spacial score (nSPS) is 12.7. The molecule has 0 fully saturated rings. The summed E-state index contributed by atoms with van der Waals surface area (Å²) in [6.07, 6.45) is 1.94. The summed E-state index contributed by atoms with van der Waals surface area (Å²) in [7, 11) is 0. The number of rotatable bonds is 5. The van der Waals surface area contributed by atoms with Gasteiger partial charge in [-0.2, -0.15) is 15.0 Å². The van der Waals surface area contributed by atoms with Crippen molar-refractivity contribution in [3.63, 3.8) is 0 Å². The Bertz CT molecular complexity index is 588. The lowest BCUT2D eigenvalue weighted by Gasteiger charge is -2.13. The molecule has 0 saturated heterocycles. The maximum absolute atomic E-state index is 4.50. The van der Waals surface area contributed by atoms with Crippen molar-refractivity contribution in [3.05, 3.63) is 40.5 Å². The van der Waals surface area contributed by atoms with Crippen LogP contribution in [-0.4, -0.2) is 20.0 Å². The number of nitrogens with one attached hydrogen (secondary N) is 1. The van der Waals surface area contributed by atoms with E-state index in [9.17, 15) is 0 Å². The minimum Gasteiger partial charge on any atom is -0.305 e. The lowest BCUT2D eigenvalue weighted by Crippen LogP contribution is -2.20. The Hall–Kier alpha value is -1.75. The van der Waals surface area contributed by atoms with Gasteiger partial charge < -0.3 is 5.32 Å². The summed E-state index contributed by atoms with van der Waals surface area (Å²) < 4.78 is 0. The fourth-order valence-electron chi connectivity index (χ4n) is 2.25. The molecule has 2 aromatic heterocycles. The summed E-state index contributed by atoms with van der Waals surface area (Å²) in [5.41, 5.74) is 5.56. The van der Waals surface area contributed by atoms with Gasteiger partial charge in [-0.05, 0) is 51.8 Å². The first kappa shape index (κ1) is 14.7. The molecule has 5 nitrogen and oxygen atoms in total. The van der Waals surface area contributed by atoms with Crippen molar-refractivity contribution in [1.82, 2.24) is 25.3 Å². The van der Waals surface area contributed by atoms with Crippen LogP contribution in [0, 0.1) is 20.8 Å². The highest BCUT2D eigenvalue weighted by Gasteiger charge is 2.14. The maximum atomic E-state index is 4.50. The van der Waals surface area contributed by atoms with E-state index in [4.69, 9.17) is 0 Å². The number of aromatic nitrogens is 4. The zero-order valence-electron chi connectivity index (χ0n) is 12.9. The van der Waals surface area contributed by atoms with Gasteiger partial charge in [-0.25, -0.2) is 0 Å². The van der Waals surface area contributed by atoms with E-state index >= 15 is 0 Å². The molecule has 0 saturated carbocycles. The predicted octanol–water partition coefficient (Wildman–Crippen LogP) is 2.47. The van der Waals surface area contributed by atoms with Gasteiger partial charge in [0.2, 0.25) is 0 Å². The van der Waals surface area contributed by atoms with E-state index in [1.807, 2.05) is 27.0 Å². The van der Waals surface area contributed by atoms with E-state index < -0.39 is 0 Å². The van der Waals surface area contributed by atoms with Crippen LogP contribution in [0.15, 0.2) is 12.3 Å². The van der Waals surface area contributed by atoms with Crippen molar-refractivity contribution in [3.8, 4) is 0 Å². The standard InChI is InChI=1S/C15H23N5/c1-6-20-18-13(5)15(19-20)12(4)17-9-14-8-16-11(3)7-10(14)2/h7-8,12,17H,6,9H2,1-5H3. The highest BCUT2D eigenvalue weighted by Crippen LogP contribution is 2.15. The lowest BCUT2D eigenvalue weighted by molar-refractivity contribution is 0.524. The van der Waals surface area contributed by atoms with Crippen LogP contribution in [0.5, 0.6) is 0 Å². The summed E-state index contributed by atoms with van der Waals surface area (Å²) in [5, 5.41) is 12.4. The third-order valence-electron chi connectivity index (χ3n) is 3.51. The number of hydrogen-bond acceptors (Lipinski definition) is 4. The Morgan fingerprint density at radius 1 is 1.25 bits per heavy atom. The molecule has 0 radical (unpaired) electrons. The summed E-state index contributed by atoms with van der Waals surface area (Å²) in [5.74, 6) is 0. The topological polar surface area (TPSA) is 55.6 Å². The molecule has 0 spiro atoms. The second-order valence-corrected chi connectivity index (χ2v) is 5.21. The van der Waals surface area contributed by atoms with Crippen LogP contribution in [0.25, 0.3) is 0 Å². The molecule has 20 heavy (non-hydrogen) atoms. The Kier molecular flexibility index (Phi) is 4.49. The van der Waals surface area contributed by atoms with E-state index in [0.717, 1.165) is 30.2 Å². The average molecular weight is 273 g/mol. The molecule has 1 N–H and O–H groups in total. The molecule has 0 aliphatic heterocycles. The van der Waals surface area contributed by atoms with Gasteiger partial charge in [-0.3, -0.25) is 4.98 Å². The van der Waals surface area contributed by atoms with E-state index in [2.05, 4.69) is 40.4 Å². The zero-order chi connectivity index (χ0) is 14.7. The molecule has 108 valence electrons. The smallest absolute Gasteiger partial charge is 0.102 e. The monoisotopic (exact) mass is 273 g/mol. The second kappa shape index (κ2) is 6.13. The number of nitrogens with zero attached hydrogens (tertiary/aromatic N) is 4. The summed E-state index contributed by atoms with van der Waals surface area (Å²) >= 11 is 0. The van der Waals surface area contributed by atoms with Gasteiger partial charge in [0.25, 0.3) is 0 Å². The minimum atomic E-state index is 0.177. The molecule has 2 rings (SSSR count). The van der Waals surface area contributed by atoms with Crippen molar-refractivity contribution in [1.29, 1.82) is 0 Å². The van der Waals surface area contributed by atoms with Crippen molar-refractivity contribution in [2.45, 2.75) is 53.8 Å². The van der Waals surface area contributed by atoms with Crippen molar-refractivity contribution in [2.24, 2.45) is 0 Å². The zero-order valence-corrected chi connectivity index (χ0v) is 12.9. The van der Waals surface area contributed by atoms with Crippen LogP contribution in [0.1, 0.15) is 48.1 Å². The second-order valence-electron chi connectivity index (χ2n) is 5.21. The van der Waals surface area contributed by atoms with Crippen LogP contribution in [-0.2, 0) is 13.1 Å². The van der Waals surface area contributed by atoms with E-state index in [1.165, 1.54) is 11.1 Å². The van der Waals surface area contributed by atoms with Gasteiger partial charge in [0.05, 0.1) is 18.3 Å². The van der Waals surface area contributed by atoms with E-state index in [1.54, 1.807) is 4.80 Å². The molecule has 0 bridgehead atoms. The molecule has 1 unspecified atom stereocenters. The van der Waals surface area contributed by atoms with Gasteiger partial charge in [0.15, 0.2) is 0 Å². The predicted molar refractivity (Wildman–Crippen MR) is 79.4 cm³/mol. The molecule has 5 heteroatoms. The van der Waals surface area contributed by atoms with E-state index in [0.29, 0.717) is 0 Å². The third-order valence-corrected chi connectivity index (χ3v) is 3.51. The van der Waals surface area contributed by atoms with Crippen molar-refractivity contribution in [2.75, 3.05) is 0 Å². The van der Waals surface area contributed by atoms with Gasteiger partial charge in [0, 0.05) is 18.4 Å². The van der Waals surface area contributed by atoms with Gasteiger partial charge in [-0.1, -0.05) is 0 Å². The Morgan fingerprint density at radius 2 is 2.00 bits per heavy atom. The summed E-state index contributed by atoms with van der Waals surface area (Å²) in [6, 6.07) is 2.29. The number of aryl methyl sites for hydroxylation is 4. The Balaban J connectivity index is 2.04. The minimum absolute atomic E-state index is 0.177. The lowest BCUT2D eigenvalue weighted by atomic mass is 10.1. The van der Waals surface area contributed by atoms with Crippen molar-refractivity contribution < 1.29 is 0 Å². The third kappa shape index (κ3) is 3.22. The number of pyridine rings is 1. The first-order chi connectivity index (χ1) is 9.51. The highest BCUT2D eigenvalue weighted by molar-refractivity contribution is 5.25. The highest BCUT2D eigenvalue weighted by atomic mass is 15.5. The molecular formula is C15H23N5. The fourth-order valence-corrected chi connectivity index (χ4v) is 2.25. The summed E-state index contributed by atoms with van der Waals surface area (Å²) in [6.45, 7) is 11.9. The van der Waals surface area contributed by atoms with Gasteiger partial charge >= 0.3 is 0 Å². The van der Waals surface area contributed by atoms with E-state index in [-0.39, 0.29) is 6.04 Å². The quantitative estimate of drug-likeness (QED) is 0.909. The molecule has 0 aromatic carbocycles. The van der Waals surface area contributed by atoms with Gasteiger partial charge in [0.1, 0.15) is 5.69 Å². The molecule has 0 aliphatic carbocycles. The van der Waals surface area contributed by atoms with Gasteiger partial charge in [-0.15, -0.1) is 0 Å². The molecule has 2 heterocycles. The maximum Gasteiger partial charge on any atom is 0.102 e. The van der Waals surface area contributed by atoms with Crippen LogP contribution in [0.4, 0.5) is 0 Å². The SMILES string of the molecule is CCn1nc(C)c(C(C)NCc2cnc(C)cc2C)n1. The fraction of sp³-hybridized carbons (Fsp3) is 0.533. The number of hydrogen-bond donors (Lipinski definition) is 1. The molecular weight excluding hydrogens is 250 g/mol. The first-order valence-electron chi connectivity index (χ1n) is 7.08. The van der Waals surface area contributed by atoms with Crippen LogP contribution < -0.4 is 5.32 Å². The van der Waals surface area contributed by atoms with Crippen LogP contribution >= 0.6 is 0 Å². The molecule has 2 aromatic rings. The Morgan fingerprint density at radius 3 is 2.60 bits per heavy atom. The van der Waals surface area contributed by atoms with Crippen LogP contribution in [0.3, 0.4) is 0 Å². The summed E-state index contributed by atoms with van der Waals surface area (Å²) in [4.78, 5) is 6.09. The molecule has 1 atom stereocenters.